The van der Waals surface area contributed by atoms with Crippen molar-refractivity contribution in [3.63, 3.8) is 0 Å². The fourth-order valence-electron chi connectivity index (χ4n) is 4.09. The maximum atomic E-state index is 13.0. The quantitative estimate of drug-likeness (QED) is 0.769. The van der Waals surface area contributed by atoms with Gasteiger partial charge in [-0.25, -0.2) is 8.42 Å². The van der Waals surface area contributed by atoms with Gasteiger partial charge < -0.3 is 9.15 Å². The Labute approximate surface area is 175 Å². The van der Waals surface area contributed by atoms with Gasteiger partial charge in [0.15, 0.2) is 0 Å². The SMILES string of the molecule is C[C@@H]1C[C@@H](C)CN(S(=O)(=O)c2ccc(C(=O)Nc3nnc([C@H]4CCCO4)o3)cc2)C1. The summed E-state index contributed by atoms with van der Waals surface area (Å²) in [5, 5.41) is 10.3. The summed E-state index contributed by atoms with van der Waals surface area (Å²) < 4.78 is 38.4. The lowest BCUT2D eigenvalue weighted by molar-refractivity contribution is 0.0893. The van der Waals surface area contributed by atoms with Gasteiger partial charge in [0.25, 0.3) is 5.91 Å². The molecule has 0 bridgehead atoms. The van der Waals surface area contributed by atoms with E-state index in [0.29, 0.717) is 43.0 Å². The molecule has 10 heteroatoms. The zero-order valence-corrected chi connectivity index (χ0v) is 17.9. The summed E-state index contributed by atoms with van der Waals surface area (Å²) >= 11 is 0. The van der Waals surface area contributed by atoms with Gasteiger partial charge in [0.1, 0.15) is 6.10 Å². The maximum absolute atomic E-state index is 13.0. The highest BCUT2D eigenvalue weighted by molar-refractivity contribution is 7.89. The van der Waals surface area contributed by atoms with Gasteiger partial charge in [0.2, 0.25) is 15.9 Å². The number of anilines is 1. The van der Waals surface area contributed by atoms with Crippen LogP contribution in [0.25, 0.3) is 0 Å². The smallest absolute Gasteiger partial charge is 0.322 e. The molecule has 162 valence electrons. The first kappa shape index (κ1) is 21.0. The number of amides is 1. The van der Waals surface area contributed by atoms with E-state index in [2.05, 4.69) is 29.4 Å². The Morgan fingerprint density at radius 3 is 2.47 bits per heavy atom. The third kappa shape index (κ3) is 4.40. The van der Waals surface area contributed by atoms with Crippen molar-refractivity contribution in [2.75, 3.05) is 25.0 Å². The Kier molecular flexibility index (Phi) is 5.90. The van der Waals surface area contributed by atoms with Crippen molar-refractivity contribution in [2.24, 2.45) is 11.8 Å². The monoisotopic (exact) mass is 434 g/mol. The fourth-order valence-corrected chi connectivity index (χ4v) is 5.77. The van der Waals surface area contributed by atoms with Gasteiger partial charge in [0, 0.05) is 25.3 Å². The van der Waals surface area contributed by atoms with E-state index in [9.17, 15) is 13.2 Å². The summed E-state index contributed by atoms with van der Waals surface area (Å²) in [4.78, 5) is 12.6. The minimum atomic E-state index is -3.59. The molecule has 4 rings (SSSR count). The Balaban J connectivity index is 1.43. The summed E-state index contributed by atoms with van der Waals surface area (Å²) in [7, 11) is -3.59. The molecule has 0 spiro atoms. The van der Waals surface area contributed by atoms with E-state index in [0.717, 1.165) is 19.3 Å². The summed E-state index contributed by atoms with van der Waals surface area (Å²) in [5.74, 6) is 0.529. The van der Waals surface area contributed by atoms with E-state index in [1.54, 1.807) is 0 Å². The van der Waals surface area contributed by atoms with Crippen LogP contribution in [0.2, 0.25) is 0 Å². The summed E-state index contributed by atoms with van der Waals surface area (Å²) in [5.41, 5.74) is 0.297. The topological polar surface area (TPSA) is 115 Å². The molecule has 1 aromatic heterocycles. The molecule has 2 fully saturated rings. The Morgan fingerprint density at radius 2 is 1.83 bits per heavy atom. The van der Waals surface area contributed by atoms with E-state index in [1.807, 2.05) is 0 Å². The zero-order valence-electron chi connectivity index (χ0n) is 17.1. The third-order valence-corrected chi connectivity index (χ3v) is 7.30. The van der Waals surface area contributed by atoms with Crippen molar-refractivity contribution in [3.05, 3.63) is 35.7 Å². The molecule has 0 aliphatic carbocycles. The van der Waals surface area contributed by atoms with Crippen molar-refractivity contribution in [2.45, 2.75) is 44.1 Å². The van der Waals surface area contributed by atoms with Crippen molar-refractivity contribution in [1.82, 2.24) is 14.5 Å². The van der Waals surface area contributed by atoms with E-state index < -0.39 is 15.9 Å². The van der Waals surface area contributed by atoms with E-state index in [-0.39, 0.29) is 17.0 Å². The molecule has 0 saturated carbocycles. The molecule has 0 radical (unpaired) electrons. The molecule has 2 aliphatic rings. The van der Waals surface area contributed by atoms with Crippen LogP contribution in [-0.4, -0.2) is 48.5 Å². The van der Waals surface area contributed by atoms with Gasteiger partial charge in [-0.1, -0.05) is 18.9 Å². The van der Waals surface area contributed by atoms with Crippen molar-refractivity contribution >= 4 is 21.9 Å². The molecular weight excluding hydrogens is 408 g/mol. The van der Waals surface area contributed by atoms with Crippen molar-refractivity contribution < 1.29 is 22.4 Å². The third-order valence-electron chi connectivity index (χ3n) is 5.46. The Bertz CT molecular complexity index is 988. The van der Waals surface area contributed by atoms with Crippen LogP contribution < -0.4 is 5.32 Å². The van der Waals surface area contributed by atoms with Crippen LogP contribution in [-0.2, 0) is 14.8 Å². The lowest BCUT2D eigenvalue weighted by atomic mass is 9.94. The van der Waals surface area contributed by atoms with Gasteiger partial charge in [0.05, 0.1) is 4.90 Å². The number of hydrogen-bond donors (Lipinski definition) is 1. The average molecular weight is 435 g/mol. The molecule has 0 unspecified atom stereocenters. The maximum Gasteiger partial charge on any atom is 0.322 e. The van der Waals surface area contributed by atoms with Gasteiger partial charge in [-0.15, -0.1) is 5.10 Å². The molecule has 1 amide bonds. The van der Waals surface area contributed by atoms with Gasteiger partial charge >= 0.3 is 6.01 Å². The molecule has 9 nitrogen and oxygen atoms in total. The van der Waals surface area contributed by atoms with E-state index in [4.69, 9.17) is 9.15 Å². The number of hydrogen-bond acceptors (Lipinski definition) is 7. The van der Waals surface area contributed by atoms with Crippen LogP contribution in [0.15, 0.2) is 33.6 Å². The average Bonchev–Trinajstić information content (AvgIpc) is 3.39. The van der Waals surface area contributed by atoms with Crippen LogP contribution in [0.4, 0.5) is 6.01 Å². The molecule has 3 atom stereocenters. The summed E-state index contributed by atoms with van der Waals surface area (Å²) in [6.07, 6.45) is 2.53. The van der Waals surface area contributed by atoms with Crippen molar-refractivity contribution in [3.8, 4) is 0 Å². The number of nitrogens with zero attached hydrogens (tertiary/aromatic N) is 3. The first-order valence-electron chi connectivity index (χ1n) is 10.2. The number of rotatable bonds is 5. The second-order valence-corrected chi connectivity index (χ2v) is 10.1. The zero-order chi connectivity index (χ0) is 21.3. The summed E-state index contributed by atoms with van der Waals surface area (Å²) in [6, 6.07) is 5.87. The number of sulfonamides is 1. The van der Waals surface area contributed by atoms with Crippen LogP contribution in [0.3, 0.4) is 0 Å². The predicted octanol–water partition coefficient (Wildman–Crippen LogP) is 2.84. The number of carbonyl (C=O) groups is 1. The number of benzene rings is 1. The predicted molar refractivity (Wildman–Crippen MR) is 108 cm³/mol. The molecular formula is C20H26N4O5S. The van der Waals surface area contributed by atoms with Gasteiger partial charge in [-0.2, -0.15) is 4.31 Å². The first-order valence-corrected chi connectivity index (χ1v) is 11.6. The number of nitrogens with one attached hydrogen (secondary N) is 1. The minimum absolute atomic E-state index is 0.0153. The largest absolute Gasteiger partial charge is 0.405 e. The van der Waals surface area contributed by atoms with Crippen molar-refractivity contribution in [1.29, 1.82) is 0 Å². The first-order chi connectivity index (χ1) is 14.3. The fraction of sp³-hybridized carbons (Fsp3) is 0.550. The van der Waals surface area contributed by atoms with Crippen LogP contribution >= 0.6 is 0 Å². The number of piperidine rings is 1. The van der Waals surface area contributed by atoms with Crippen LogP contribution in [0, 0.1) is 11.8 Å². The van der Waals surface area contributed by atoms with Gasteiger partial charge in [-0.05, 0) is 55.4 Å². The Morgan fingerprint density at radius 1 is 1.13 bits per heavy atom. The lowest BCUT2D eigenvalue weighted by Crippen LogP contribution is -2.42. The van der Waals surface area contributed by atoms with E-state index in [1.165, 1.54) is 28.6 Å². The highest BCUT2D eigenvalue weighted by atomic mass is 32.2. The Hall–Kier alpha value is -2.30. The molecule has 1 aromatic carbocycles. The normalized spacial score (nSPS) is 25.3. The van der Waals surface area contributed by atoms with Crippen LogP contribution in [0.1, 0.15) is 55.5 Å². The second kappa shape index (κ2) is 8.44. The molecule has 2 aliphatic heterocycles. The number of carbonyl (C=O) groups excluding carboxylic acids is 1. The minimum Gasteiger partial charge on any atom is -0.405 e. The standard InChI is InChI=1S/C20H26N4O5S/c1-13-10-14(2)12-24(11-13)30(26,27)16-7-5-15(6-8-16)18(25)21-20-23-22-19(29-20)17-4-3-9-28-17/h5-8,13-14,17H,3-4,9-12H2,1-2H3,(H,21,23,25)/t13-,14-,17-/m1/s1. The van der Waals surface area contributed by atoms with E-state index >= 15 is 0 Å². The molecule has 1 N–H and O–H groups in total. The number of aromatic nitrogens is 2. The molecule has 30 heavy (non-hydrogen) atoms. The van der Waals surface area contributed by atoms with Gasteiger partial charge in [-0.3, -0.25) is 10.1 Å². The lowest BCUT2D eigenvalue weighted by Gasteiger charge is -2.34. The molecule has 2 aromatic rings. The highest BCUT2D eigenvalue weighted by Crippen LogP contribution is 2.29. The highest BCUT2D eigenvalue weighted by Gasteiger charge is 2.31. The summed E-state index contributed by atoms with van der Waals surface area (Å²) in [6.45, 7) is 5.80. The molecule has 3 heterocycles. The van der Waals surface area contributed by atoms with Crippen LogP contribution in [0.5, 0.6) is 0 Å². The second-order valence-electron chi connectivity index (χ2n) is 8.19. The number of ether oxygens (including phenoxy) is 1. The molecule has 2 saturated heterocycles.